The van der Waals surface area contributed by atoms with E-state index in [9.17, 15) is 29.8 Å². The molecular weight excluding hydrogens is 459 g/mol. The van der Waals surface area contributed by atoms with Gasteiger partial charge in [0.2, 0.25) is 10.0 Å². The molecule has 0 aliphatic carbocycles. The first-order valence-electron chi connectivity index (χ1n) is 7.13. The molecule has 0 saturated carbocycles. The van der Waals surface area contributed by atoms with Gasteiger partial charge in [-0.15, -0.1) is 17.9 Å². The minimum Gasteiger partial charge on any atom is -0.744 e. The molecule has 9 nitrogen and oxygen atoms in total. The molecular formula is C14H15N2NaO7S4. The van der Waals surface area contributed by atoms with E-state index in [1.165, 1.54) is 11.3 Å². The maximum Gasteiger partial charge on any atom is 1.00 e. The maximum atomic E-state index is 12.4. The maximum absolute atomic E-state index is 12.4. The number of sulfonamides is 1. The van der Waals surface area contributed by atoms with E-state index in [4.69, 9.17) is 5.14 Å². The third-order valence-electron chi connectivity index (χ3n) is 3.33. The van der Waals surface area contributed by atoms with Gasteiger partial charge < -0.3 is 9.87 Å². The number of anilines is 1. The Morgan fingerprint density at radius 1 is 1.11 bits per heavy atom. The predicted molar refractivity (Wildman–Crippen MR) is 99.7 cm³/mol. The second-order valence-electron chi connectivity index (χ2n) is 5.30. The van der Waals surface area contributed by atoms with Crippen molar-refractivity contribution < 1.29 is 59.4 Å². The van der Waals surface area contributed by atoms with E-state index in [1.807, 2.05) is 0 Å². The fourth-order valence-corrected chi connectivity index (χ4v) is 6.08. The van der Waals surface area contributed by atoms with Gasteiger partial charge in [-0.2, -0.15) is 0 Å². The van der Waals surface area contributed by atoms with Crippen molar-refractivity contribution in [2.24, 2.45) is 5.14 Å². The van der Waals surface area contributed by atoms with Gasteiger partial charge in [-0.3, -0.25) is 0 Å². The summed E-state index contributed by atoms with van der Waals surface area (Å²) in [5, 5.41) is 9.46. The predicted octanol–water partition coefficient (Wildman–Crippen LogP) is -2.12. The molecule has 0 aliphatic rings. The summed E-state index contributed by atoms with van der Waals surface area (Å²) in [6, 6.07) is 4.73. The molecule has 0 radical (unpaired) electrons. The van der Waals surface area contributed by atoms with Crippen LogP contribution in [0.1, 0.15) is 4.88 Å². The third-order valence-corrected chi connectivity index (χ3v) is 7.84. The molecule has 1 aromatic carbocycles. The van der Waals surface area contributed by atoms with Crippen LogP contribution in [-0.2, 0) is 36.5 Å². The van der Waals surface area contributed by atoms with Gasteiger partial charge in [0.15, 0.2) is 9.84 Å². The third kappa shape index (κ3) is 6.11. The molecule has 0 amide bonds. The Morgan fingerprint density at radius 3 is 2.21 bits per heavy atom. The minimum atomic E-state index is -5.13. The van der Waals surface area contributed by atoms with E-state index in [-0.39, 0.29) is 41.8 Å². The molecule has 0 spiro atoms. The number of nitrogens with two attached hydrogens (primary N) is 1. The Balaban J connectivity index is 0.00000392. The zero-order valence-corrected chi connectivity index (χ0v) is 19.9. The standard InChI is InChI=1S/C14H16N2O7S4.Na/c1-2-6-25(17,18)13-7-11(16-9-10-4-3-5-24-10)12(27(21,22)23)8-14(13)26(15,19)20;/h2-5,7-8,16H,1,6,9H2,(H2,15,19,20)(H,21,22,23);/q;+1/p-1. The van der Waals surface area contributed by atoms with Gasteiger partial charge in [0.1, 0.15) is 15.0 Å². The summed E-state index contributed by atoms with van der Waals surface area (Å²) >= 11 is 1.34. The van der Waals surface area contributed by atoms with Crippen LogP contribution in [-0.4, -0.2) is 35.6 Å². The summed E-state index contributed by atoms with van der Waals surface area (Å²) in [6.07, 6.45) is 1.04. The number of hydrogen-bond acceptors (Lipinski definition) is 9. The summed E-state index contributed by atoms with van der Waals surface area (Å²) in [6.45, 7) is 3.39. The normalized spacial score (nSPS) is 12.2. The van der Waals surface area contributed by atoms with E-state index in [0.717, 1.165) is 17.0 Å². The van der Waals surface area contributed by atoms with Gasteiger partial charge in [0.05, 0.1) is 21.2 Å². The molecule has 14 heteroatoms. The van der Waals surface area contributed by atoms with Crippen LogP contribution in [0.4, 0.5) is 5.69 Å². The van der Waals surface area contributed by atoms with Crippen LogP contribution < -0.4 is 40.0 Å². The Hall–Kier alpha value is -0.770. The van der Waals surface area contributed by atoms with Crippen molar-refractivity contribution in [1.82, 2.24) is 0 Å². The Bertz CT molecular complexity index is 1170. The first-order valence-corrected chi connectivity index (χ1v) is 12.6. The monoisotopic (exact) mass is 474 g/mol. The largest absolute Gasteiger partial charge is 1.00 e. The number of primary sulfonamides is 1. The van der Waals surface area contributed by atoms with Crippen molar-refractivity contribution in [3.05, 3.63) is 47.2 Å². The van der Waals surface area contributed by atoms with Crippen LogP contribution in [0.2, 0.25) is 0 Å². The molecule has 0 fully saturated rings. The van der Waals surface area contributed by atoms with Crippen LogP contribution in [0.25, 0.3) is 0 Å². The molecule has 1 heterocycles. The summed E-state index contributed by atoms with van der Waals surface area (Å²) < 4.78 is 83.2. The molecule has 0 aliphatic heterocycles. The first kappa shape index (κ1) is 25.3. The van der Waals surface area contributed by atoms with Crippen LogP contribution >= 0.6 is 11.3 Å². The van der Waals surface area contributed by atoms with Crippen molar-refractivity contribution in [3.8, 4) is 0 Å². The Morgan fingerprint density at radius 2 is 1.75 bits per heavy atom. The van der Waals surface area contributed by atoms with Gasteiger partial charge in [-0.25, -0.2) is 30.4 Å². The Kier molecular flexibility index (Phi) is 8.45. The van der Waals surface area contributed by atoms with E-state index in [1.54, 1.807) is 17.5 Å². The van der Waals surface area contributed by atoms with Gasteiger partial charge in [0.25, 0.3) is 0 Å². The molecule has 0 unspecified atom stereocenters. The number of nitrogens with one attached hydrogen (secondary N) is 1. The summed E-state index contributed by atoms with van der Waals surface area (Å²) in [7, 11) is -14.0. The molecule has 3 N–H and O–H groups in total. The topological polar surface area (TPSA) is 164 Å². The van der Waals surface area contributed by atoms with Crippen molar-refractivity contribution in [3.63, 3.8) is 0 Å². The van der Waals surface area contributed by atoms with Crippen LogP contribution in [0, 0.1) is 0 Å². The van der Waals surface area contributed by atoms with Crippen molar-refractivity contribution in [2.45, 2.75) is 21.2 Å². The first-order chi connectivity index (χ1) is 12.4. The minimum absolute atomic E-state index is 0. The number of benzene rings is 1. The van der Waals surface area contributed by atoms with E-state index in [0.29, 0.717) is 6.07 Å². The smallest absolute Gasteiger partial charge is 0.744 e. The number of sulfone groups is 1. The summed E-state index contributed by atoms with van der Waals surface area (Å²) in [5.74, 6) is -0.608. The summed E-state index contributed by atoms with van der Waals surface area (Å²) in [5.41, 5.74) is -0.339. The SMILES string of the molecule is C=CCS(=O)(=O)c1cc(NCc2cccs2)c(S(=O)(=O)[O-])cc1S(N)(=O)=O.[Na+]. The zero-order chi connectivity index (χ0) is 20.5. The van der Waals surface area contributed by atoms with Gasteiger partial charge in [-0.05, 0) is 23.6 Å². The number of rotatable bonds is 8. The van der Waals surface area contributed by atoms with Crippen LogP contribution in [0.3, 0.4) is 0 Å². The molecule has 2 aromatic rings. The van der Waals surface area contributed by atoms with Crippen LogP contribution in [0.15, 0.2) is 57.0 Å². The number of thiophene rings is 1. The molecule has 148 valence electrons. The second kappa shape index (κ2) is 9.36. The molecule has 1 aromatic heterocycles. The molecule has 0 atom stereocenters. The van der Waals surface area contributed by atoms with Crippen molar-refractivity contribution in [1.29, 1.82) is 0 Å². The quantitative estimate of drug-likeness (QED) is 0.249. The van der Waals surface area contributed by atoms with Crippen LogP contribution in [0.5, 0.6) is 0 Å². The average molecular weight is 475 g/mol. The fraction of sp³-hybridized carbons (Fsp3) is 0.143. The molecule has 0 saturated heterocycles. The van der Waals surface area contributed by atoms with Gasteiger partial charge >= 0.3 is 29.6 Å². The van der Waals surface area contributed by atoms with Gasteiger partial charge in [0, 0.05) is 11.4 Å². The number of hydrogen-bond donors (Lipinski definition) is 2. The average Bonchev–Trinajstić information content (AvgIpc) is 3.03. The van der Waals surface area contributed by atoms with Crippen molar-refractivity contribution >= 4 is 47.0 Å². The van der Waals surface area contributed by atoms with Gasteiger partial charge in [-0.1, -0.05) is 12.1 Å². The Labute approximate surface area is 189 Å². The summed E-state index contributed by atoms with van der Waals surface area (Å²) in [4.78, 5) is -1.83. The zero-order valence-electron chi connectivity index (χ0n) is 14.7. The molecule has 2 rings (SSSR count). The van der Waals surface area contributed by atoms with E-state index >= 15 is 0 Å². The van der Waals surface area contributed by atoms with E-state index in [2.05, 4.69) is 11.9 Å². The second-order valence-corrected chi connectivity index (χ2v) is 11.2. The van der Waals surface area contributed by atoms with E-state index < -0.39 is 50.4 Å². The van der Waals surface area contributed by atoms with Crippen molar-refractivity contribution in [2.75, 3.05) is 11.1 Å². The molecule has 28 heavy (non-hydrogen) atoms. The fourth-order valence-electron chi connectivity index (χ4n) is 2.19. The molecule has 0 bridgehead atoms.